The van der Waals surface area contributed by atoms with Gasteiger partial charge >= 0.3 is 0 Å². The monoisotopic (exact) mass is 422 g/mol. The van der Waals surface area contributed by atoms with Crippen molar-refractivity contribution >= 4 is 22.6 Å². The normalized spacial score (nSPS) is 11.5. The fourth-order valence-electron chi connectivity index (χ4n) is 3.74. The van der Waals surface area contributed by atoms with E-state index in [4.69, 9.17) is 10.2 Å². The zero-order chi connectivity index (χ0) is 21.5. The highest BCUT2D eigenvalue weighted by molar-refractivity contribution is 5.90. The molecule has 0 amide bonds. The van der Waals surface area contributed by atoms with E-state index in [0.29, 0.717) is 29.4 Å². The Morgan fingerprint density at radius 1 is 0.938 bits per heavy atom. The van der Waals surface area contributed by atoms with E-state index in [1.54, 1.807) is 30.8 Å². The van der Waals surface area contributed by atoms with Crippen molar-refractivity contribution in [2.75, 3.05) is 5.73 Å². The van der Waals surface area contributed by atoms with Crippen LogP contribution in [0.2, 0.25) is 0 Å². The molecule has 0 unspecified atom stereocenters. The molecule has 0 aliphatic rings. The van der Waals surface area contributed by atoms with Gasteiger partial charge in [0.05, 0.1) is 23.5 Å². The molecule has 0 aliphatic carbocycles. The lowest BCUT2D eigenvalue weighted by atomic mass is 10.1. The highest BCUT2D eigenvalue weighted by Gasteiger charge is 2.17. The molecular formula is C23H18N8O. The van der Waals surface area contributed by atoms with E-state index in [0.717, 1.165) is 23.1 Å². The zero-order valence-corrected chi connectivity index (χ0v) is 17.0. The molecule has 32 heavy (non-hydrogen) atoms. The number of furan rings is 1. The van der Waals surface area contributed by atoms with Gasteiger partial charge in [-0.2, -0.15) is 14.6 Å². The minimum absolute atomic E-state index is 0.249. The summed E-state index contributed by atoms with van der Waals surface area (Å²) in [7, 11) is 0. The Morgan fingerprint density at radius 3 is 2.62 bits per heavy atom. The first kappa shape index (κ1) is 18.3. The summed E-state index contributed by atoms with van der Waals surface area (Å²) in [5.74, 6) is 1.28. The Morgan fingerprint density at radius 2 is 1.84 bits per heavy atom. The van der Waals surface area contributed by atoms with Crippen LogP contribution in [0.3, 0.4) is 0 Å². The smallest absolute Gasteiger partial charge is 0.225 e. The molecule has 0 spiro atoms. The lowest BCUT2D eigenvalue weighted by Crippen LogP contribution is -2.07. The number of hydrogen-bond donors (Lipinski definition) is 1. The molecular weight excluding hydrogens is 404 g/mol. The van der Waals surface area contributed by atoms with Gasteiger partial charge in [-0.05, 0) is 36.2 Å². The van der Waals surface area contributed by atoms with Crippen molar-refractivity contribution in [2.45, 2.75) is 13.0 Å². The van der Waals surface area contributed by atoms with Crippen LogP contribution < -0.4 is 5.73 Å². The average Bonchev–Trinajstić information content (AvgIpc) is 3.58. The molecule has 0 radical (unpaired) electrons. The molecule has 6 rings (SSSR count). The van der Waals surface area contributed by atoms with Crippen molar-refractivity contribution in [1.29, 1.82) is 0 Å². The summed E-state index contributed by atoms with van der Waals surface area (Å²) >= 11 is 0. The second-order valence-corrected chi connectivity index (χ2v) is 7.39. The third-order valence-corrected chi connectivity index (χ3v) is 5.37. The van der Waals surface area contributed by atoms with Crippen LogP contribution in [-0.2, 0) is 13.0 Å². The summed E-state index contributed by atoms with van der Waals surface area (Å²) in [4.78, 5) is 13.5. The summed E-state index contributed by atoms with van der Waals surface area (Å²) in [6, 6.07) is 17.9. The third-order valence-electron chi connectivity index (χ3n) is 5.37. The quantitative estimate of drug-likeness (QED) is 0.451. The lowest BCUT2D eigenvalue weighted by Gasteiger charge is -2.06. The number of nitrogen functional groups attached to an aromatic ring is 1. The first-order valence-electron chi connectivity index (χ1n) is 10.2. The van der Waals surface area contributed by atoms with Gasteiger partial charge < -0.3 is 10.2 Å². The maximum absolute atomic E-state index is 6.17. The number of fused-ring (bicyclic) bond motifs is 3. The summed E-state index contributed by atoms with van der Waals surface area (Å²) in [5, 5.41) is 9.73. The molecule has 6 aromatic rings. The molecule has 9 nitrogen and oxygen atoms in total. The number of pyridine rings is 1. The predicted molar refractivity (Wildman–Crippen MR) is 120 cm³/mol. The maximum Gasteiger partial charge on any atom is 0.225 e. The summed E-state index contributed by atoms with van der Waals surface area (Å²) < 4.78 is 8.77. The van der Waals surface area contributed by atoms with Crippen molar-refractivity contribution in [2.24, 2.45) is 0 Å². The number of aromatic nitrogens is 7. The Labute approximate surface area is 182 Å². The van der Waals surface area contributed by atoms with Crippen LogP contribution in [-0.4, -0.2) is 34.3 Å². The van der Waals surface area contributed by atoms with Crippen LogP contribution in [0.15, 0.2) is 77.7 Å². The number of nitrogens with two attached hydrogens (primary N) is 1. The third kappa shape index (κ3) is 3.07. The predicted octanol–water partition coefficient (Wildman–Crippen LogP) is 3.62. The fourth-order valence-corrected chi connectivity index (χ4v) is 3.74. The molecule has 0 saturated carbocycles. The van der Waals surface area contributed by atoms with Gasteiger partial charge in [0.15, 0.2) is 17.1 Å². The Balaban J connectivity index is 1.28. The van der Waals surface area contributed by atoms with Gasteiger partial charge in [0, 0.05) is 18.3 Å². The van der Waals surface area contributed by atoms with E-state index >= 15 is 0 Å². The molecule has 0 saturated heterocycles. The number of hydrogen-bond acceptors (Lipinski definition) is 7. The molecule has 9 heteroatoms. The zero-order valence-electron chi connectivity index (χ0n) is 17.0. The van der Waals surface area contributed by atoms with E-state index in [9.17, 15) is 0 Å². The van der Waals surface area contributed by atoms with E-state index in [2.05, 4.69) is 49.4 Å². The standard InChI is InChI=1S/C23H18N8O/c24-23-28-21-17(22-27-20(29-31(22)23)19-5-3-13-32-19)14-26-30(21)12-10-15-6-8-16(9-7-15)18-4-1-2-11-25-18/h1-9,11,13-14H,10,12H2,(H2,24,28). The van der Waals surface area contributed by atoms with Gasteiger partial charge in [-0.25, -0.2) is 9.67 Å². The van der Waals surface area contributed by atoms with E-state index in [1.165, 1.54) is 10.1 Å². The minimum atomic E-state index is 0.249. The minimum Gasteiger partial charge on any atom is -0.461 e. The van der Waals surface area contributed by atoms with Crippen LogP contribution in [0.4, 0.5) is 5.95 Å². The van der Waals surface area contributed by atoms with Gasteiger partial charge in [0.2, 0.25) is 11.8 Å². The second-order valence-electron chi connectivity index (χ2n) is 7.39. The van der Waals surface area contributed by atoms with E-state index in [1.807, 2.05) is 22.9 Å². The van der Waals surface area contributed by atoms with Gasteiger partial charge in [-0.15, -0.1) is 5.10 Å². The van der Waals surface area contributed by atoms with Crippen molar-refractivity contribution in [3.8, 4) is 22.8 Å². The Kier molecular flexibility index (Phi) is 4.17. The van der Waals surface area contributed by atoms with E-state index in [-0.39, 0.29) is 5.95 Å². The molecule has 1 aromatic carbocycles. The number of anilines is 1. The summed E-state index contributed by atoms with van der Waals surface area (Å²) in [6.45, 7) is 0.661. The highest BCUT2D eigenvalue weighted by atomic mass is 16.3. The van der Waals surface area contributed by atoms with Crippen LogP contribution in [0.25, 0.3) is 39.5 Å². The van der Waals surface area contributed by atoms with Crippen LogP contribution in [0.5, 0.6) is 0 Å². The van der Waals surface area contributed by atoms with Crippen LogP contribution in [0.1, 0.15) is 5.56 Å². The van der Waals surface area contributed by atoms with Crippen molar-refractivity contribution in [3.63, 3.8) is 0 Å². The average molecular weight is 422 g/mol. The molecule has 0 aliphatic heterocycles. The summed E-state index contributed by atoms with van der Waals surface area (Å²) in [6.07, 6.45) is 5.94. The first-order chi connectivity index (χ1) is 15.8. The summed E-state index contributed by atoms with van der Waals surface area (Å²) in [5.41, 5.74) is 10.7. The van der Waals surface area contributed by atoms with Gasteiger partial charge in [-0.1, -0.05) is 30.3 Å². The number of nitrogens with zero attached hydrogens (tertiary/aromatic N) is 7. The number of rotatable bonds is 5. The molecule has 0 bridgehead atoms. The fraction of sp³-hybridized carbons (Fsp3) is 0.0870. The Bertz CT molecular complexity index is 1520. The SMILES string of the molecule is Nc1nc2c(cnn2CCc2ccc(-c3ccccn3)cc2)c2nc(-c3ccco3)nn12. The van der Waals surface area contributed by atoms with Gasteiger partial charge in [0.25, 0.3) is 0 Å². The molecule has 0 atom stereocenters. The van der Waals surface area contributed by atoms with Crippen molar-refractivity contribution in [1.82, 2.24) is 34.3 Å². The number of benzene rings is 1. The first-order valence-corrected chi connectivity index (χ1v) is 10.2. The Hall–Kier alpha value is -4.53. The second kappa shape index (κ2) is 7.31. The molecule has 0 fully saturated rings. The van der Waals surface area contributed by atoms with Crippen molar-refractivity contribution < 1.29 is 4.42 Å². The van der Waals surface area contributed by atoms with Gasteiger partial charge in [-0.3, -0.25) is 4.98 Å². The van der Waals surface area contributed by atoms with Gasteiger partial charge in [0.1, 0.15) is 0 Å². The molecule has 5 aromatic heterocycles. The van der Waals surface area contributed by atoms with Crippen LogP contribution >= 0.6 is 0 Å². The topological polar surface area (TPSA) is 113 Å². The van der Waals surface area contributed by atoms with E-state index < -0.39 is 0 Å². The van der Waals surface area contributed by atoms with Crippen molar-refractivity contribution in [3.05, 3.63) is 78.8 Å². The molecule has 156 valence electrons. The number of aryl methyl sites for hydroxylation is 2. The highest BCUT2D eigenvalue weighted by Crippen LogP contribution is 2.24. The molecule has 5 heterocycles. The van der Waals surface area contributed by atoms with Crippen LogP contribution in [0, 0.1) is 0 Å². The lowest BCUT2D eigenvalue weighted by molar-refractivity contribution is 0.577. The molecule has 2 N–H and O–H groups in total. The largest absolute Gasteiger partial charge is 0.461 e. The maximum atomic E-state index is 6.17.